The second-order valence-corrected chi connectivity index (χ2v) is 4.38. The summed E-state index contributed by atoms with van der Waals surface area (Å²) in [5, 5.41) is 0. The minimum Gasteiger partial charge on any atom is -0.368 e. The van der Waals surface area contributed by atoms with Crippen LogP contribution in [0.15, 0.2) is 0 Å². The van der Waals surface area contributed by atoms with Crippen LogP contribution in [-0.4, -0.2) is 9.97 Å². The molecule has 0 fully saturated rings. The van der Waals surface area contributed by atoms with Gasteiger partial charge in [0.2, 0.25) is 5.95 Å². The fraction of sp³-hybridized carbons (Fsp3) is 0.600. The standard InChI is InChI=1S/C10H17N3/c1-6-8(10(3,4)5)7(2)13-9(11)12-6/h1-5H3,(H2,11,12,13). The Kier molecular flexibility index (Phi) is 2.28. The zero-order valence-electron chi connectivity index (χ0n) is 8.97. The third-order valence-electron chi connectivity index (χ3n) is 2.04. The van der Waals surface area contributed by atoms with Gasteiger partial charge in [0.05, 0.1) is 0 Å². The molecule has 0 bridgehead atoms. The van der Waals surface area contributed by atoms with Crippen LogP contribution in [0, 0.1) is 13.8 Å². The van der Waals surface area contributed by atoms with Crippen molar-refractivity contribution < 1.29 is 0 Å². The Labute approximate surface area is 79.4 Å². The van der Waals surface area contributed by atoms with Crippen molar-refractivity contribution in [3.8, 4) is 0 Å². The predicted octanol–water partition coefficient (Wildman–Crippen LogP) is 1.97. The first-order valence-corrected chi connectivity index (χ1v) is 4.43. The van der Waals surface area contributed by atoms with Crippen molar-refractivity contribution in [3.05, 3.63) is 17.0 Å². The number of nitrogens with zero attached hydrogens (tertiary/aromatic N) is 2. The lowest BCUT2D eigenvalue weighted by molar-refractivity contribution is 0.573. The summed E-state index contributed by atoms with van der Waals surface area (Å²) in [7, 11) is 0. The molecule has 0 aliphatic heterocycles. The third kappa shape index (κ3) is 1.97. The highest BCUT2D eigenvalue weighted by Gasteiger charge is 2.20. The lowest BCUT2D eigenvalue weighted by Crippen LogP contribution is -2.18. The average molecular weight is 179 g/mol. The van der Waals surface area contributed by atoms with E-state index in [4.69, 9.17) is 5.73 Å². The smallest absolute Gasteiger partial charge is 0.220 e. The van der Waals surface area contributed by atoms with Crippen molar-refractivity contribution in [1.82, 2.24) is 9.97 Å². The first kappa shape index (κ1) is 9.96. The highest BCUT2D eigenvalue weighted by molar-refractivity contribution is 5.35. The van der Waals surface area contributed by atoms with E-state index in [1.807, 2.05) is 13.8 Å². The molecule has 3 heteroatoms. The molecule has 0 aliphatic carbocycles. The fourth-order valence-electron chi connectivity index (χ4n) is 1.83. The van der Waals surface area contributed by atoms with Gasteiger partial charge >= 0.3 is 0 Å². The molecule has 0 spiro atoms. The molecular formula is C10H17N3. The Balaban J connectivity index is 3.38. The van der Waals surface area contributed by atoms with E-state index in [9.17, 15) is 0 Å². The first-order chi connectivity index (χ1) is 5.82. The Bertz CT molecular complexity index is 300. The quantitative estimate of drug-likeness (QED) is 0.662. The molecule has 13 heavy (non-hydrogen) atoms. The SMILES string of the molecule is Cc1nc(N)nc(C)c1C(C)(C)C. The molecule has 3 nitrogen and oxygen atoms in total. The lowest BCUT2D eigenvalue weighted by atomic mass is 9.85. The molecular weight excluding hydrogens is 162 g/mol. The van der Waals surface area contributed by atoms with Crippen LogP contribution in [0.25, 0.3) is 0 Å². The summed E-state index contributed by atoms with van der Waals surface area (Å²) in [6, 6.07) is 0. The molecule has 72 valence electrons. The molecule has 0 saturated heterocycles. The van der Waals surface area contributed by atoms with Gasteiger partial charge in [0.25, 0.3) is 0 Å². The van der Waals surface area contributed by atoms with Gasteiger partial charge in [0.15, 0.2) is 0 Å². The molecule has 0 aromatic carbocycles. The molecule has 1 heterocycles. The summed E-state index contributed by atoms with van der Waals surface area (Å²) in [5.41, 5.74) is 8.80. The van der Waals surface area contributed by atoms with Crippen LogP contribution in [0.3, 0.4) is 0 Å². The van der Waals surface area contributed by atoms with Gasteiger partial charge in [-0.2, -0.15) is 0 Å². The van der Waals surface area contributed by atoms with Crippen LogP contribution in [0.1, 0.15) is 37.7 Å². The number of rotatable bonds is 0. The van der Waals surface area contributed by atoms with Crippen LogP contribution < -0.4 is 5.73 Å². The van der Waals surface area contributed by atoms with Crippen molar-refractivity contribution in [1.29, 1.82) is 0 Å². The molecule has 1 rings (SSSR count). The summed E-state index contributed by atoms with van der Waals surface area (Å²) >= 11 is 0. The molecule has 1 aromatic heterocycles. The van der Waals surface area contributed by atoms with E-state index in [-0.39, 0.29) is 5.41 Å². The van der Waals surface area contributed by atoms with E-state index in [2.05, 4.69) is 30.7 Å². The fourth-order valence-corrected chi connectivity index (χ4v) is 1.83. The lowest BCUT2D eigenvalue weighted by Gasteiger charge is -2.22. The normalized spacial score (nSPS) is 11.8. The third-order valence-corrected chi connectivity index (χ3v) is 2.04. The largest absolute Gasteiger partial charge is 0.368 e. The highest BCUT2D eigenvalue weighted by atomic mass is 15.0. The van der Waals surface area contributed by atoms with Gasteiger partial charge in [-0.15, -0.1) is 0 Å². The number of nitrogen functional groups attached to an aromatic ring is 1. The van der Waals surface area contributed by atoms with E-state index in [1.54, 1.807) is 0 Å². The number of hydrogen-bond acceptors (Lipinski definition) is 3. The maximum Gasteiger partial charge on any atom is 0.220 e. The number of anilines is 1. The minimum atomic E-state index is 0.0852. The molecule has 0 unspecified atom stereocenters. The summed E-state index contributed by atoms with van der Waals surface area (Å²) in [6.45, 7) is 10.4. The monoisotopic (exact) mass is 179 g/mol. The minimum absolute atomic E-state index is 0.0852. The van der Waals surface area contributed by atoms with E-state index >= 15 is 0 Å². The van der Waals surface area contributed by atoms with Gasteiger partial charge in [-0.3, -0.25) is 0 Å². The molecule has 0 aliphatic rings. The van der Waals surface area contributed by atoms with E-state index in [1.165, 1.54) is 5.56 Å². The average Bonchev–Trinajstić information content (AvgIpc) is 1.78. The van der Waals surface area contributed by atoms with Crippen LogP contribution in [-0.2, 0) is 5.41 Å². The second kappa shape index (κ2) is 2.98. The van der Waals surface area contributed by atoms with E-state index in [0.717, 1.165) is 11.4 Å². The number of hydrogen-bond donors (Lipinski definition) is 1. The number of aryl methyl sites for hydroxylation is 2. The van der Waals surface area contributed by atoms with Gasteiger partial charge < -0.3 is 5.73 Å². The van der Waals surface area contributed by atoms with Gasteiger partial charge in [-0.25, -0.2) is 9.97 Å². The molecule has 2 N–H and O–H groups in total. The zero-order valence-corrected chi connectivity index (χ0v) is 8.97. The molecule has 0 radical (unpaired) electrons. The molecule has 0 saturated carbocycles. The van der Waals surface area contributed by atoms with Gasteiger partial charge in [-0.05, 0) is 19.3 Å². The maximum absolute atomic E-state index is 5.55. The van der Waals surface area contributed by atoms with E-state index < -0.39 is 0 Å². The van der Waals surface area contributed by atoms with Gasteiger partial charge in [0, 0.05) is 17.0 Å². The Morgan fingerprint density at radius 1 is 1.00 bits per heavy atom. The molecule has 0 amide bonds. The summed E-state index contributed by atoms with van der Waals surface area (Å²) in [4.78, 5) is 8.34. The van der Waals surface area contributed by atoms with Crippen LogP contribution in [0.2, 0.25) is 0 Å². The van der Waals surface area contributed by atoms with Crippen LogP contribution in [0.5, 0.6) is 0 Å². The van der Waals surface area contributed by atoms with Crippen molar-refractivity contribution >= 4 is 5.95 Å². The Morgan fingerprint density at radius 2 is 1.38 bits per heavy atom. The van der Waals surface area contributed by atoms with Crippen LogP contribution >= 0.6 is 0 Å². The van der Waals surface area contributed by atoms with Gasteiger partial charge in [-0.1, -0.05) is 20.8 Å². The second-order valence-electron chi connectivity index (χ2n) is 4.38. The summed E-state index contributed by atoms with van der Waals surface area (Å²) in [6.07, 6.45) is 0. The molecule has 1 aromatic rings. The molecule has 0 atom stereocenters. The summed E-state index contributed by atoms with van der Waals surface area (Å²) in [5.74, 6) is 0.364. The van der Waals surface area contributed by atoms with Crippen molar-refractivity contribution in [2.24, 2.45) is 0 Å². The van der Waals surface area contributed by atoms with E-state index in [0.29, 0.717) is 5.95 Å². The first-order valence-electron chi connectivity index (χ1n) is 4.43. The number of aromatic nitrogens is 2. The zero-order chi connectivity index (χ0) is 10.2. The van der Waals surface area contributed by atoms with Crippen LogP contribution in [0.4, 0.5) is 5.95 Å². The Hall–Kier alpha value is -1.12. The number of nitrogens with two attached hydrogens (primary N) is 1. The highest BCUT2D eigenvalue weighted by Crippen LogP contribution is 2.26. The van der Waals surface area contributed by atoms with Crippen molar-refractivity contribution in [3.63, 3.8) is 0 Å². The Morgan fingerprint density at radius 3 is 1.69 bits per heavy atom. The summed E-state index contributed by atoms with van der Waals surface area (Å²) < 4.78 is 0. The van der Waals surface area contributed by atoms with Crippen molar-refractivity contribution in [2.45, 2.75) is 40.0 Å². The maximum atomic E-state index is 5.55. The van der Waals surface area contributed by atoms with Crippen molar-refractivity contribution in [2.75, 3.05) is 5.73 Å². The van der Waals surface area contributed by atoms with Gasteiger partial charge in [0.1, 0.15) is 0 Å². The predicted molar refractivity (Wildman–Crippen MR) is 54.6 cm³/mol. The topological polar surface area (TPSA) is 51.8 Å².